The van der Waals surface area contributed by atoms with E-state index in [0.29, 0.717) is 0 Å². The molecule has 0 aromatic heterocycles. The first-order valence-corrected chi connectivity index (χ1v) is 0. The van der Waals surface area contributed by atoms with Crippen LogP contribution >= 0.6 is 49.6 Å². The summed E-state index contributed by atoms with van der Waals surface area (Å²) in [6, 6.07) is 0. The van der Waals surface area contributed by atoms with Crippen LogP contribution in [0.4, 0.5) is 0 Å². The molecule has 0 saturated carbocycles. The Morgan fingerprint density at radius 1 is 0.400 bits per heavy atom. The highest BCUT2D eigenvalue weighted by Gasteiger charge is 0.0000279. The molecule has 0 heterocycles. The predicted octanol–water partition coefficient (Wildman–Crippen LogP) is 1.31. The quantitative estimate of drug-likeness (QED) is 0.485. The van der Waals surface area contributed by atoms with Gasteiger partial charge in [0.05, 0.1) is 0 Å². The summed E-state index contributed by atoms with van der Waals surface area (Å²) in [5.74, 6) is 0. The molecule has 0 aliphatic heterocycles. The van der Waals surface area contributed by atoms with Gasteiger partial charge in [0.25, 0.3) is 0 Å². The van der Waals surface area contributed by atoms with Crippen molar-refractivity contribution < 1.29 is 0 Å². The van der Waals surface area contributed by atoms with Crippen LogP contribution in [0.25, 0.3) is 0 Å². The third-order valence-electron chi connectivity index (χ3n) is 0. The van der Waals surface area contributed by atoms with Crippen molar-refractivity contribution in [3.63, 3.8) is 0 Å². The zero-order chi connectivity index (χ0) is 0. The van der Waals surface area contributed by atoms with Gasteiger partial charge in [0.2, 0.25) is 0 Å². The van der Waals surface area contributed by atoms with E-state index in [9.17, 15) is 0 Å². The minimum absolute atomic E-state index is 0. The van der Waals surface area contributed by atoms with Crippen LogP contribution in [0.1, 0.15) is 0 Å². The van der Waals surface area contributed by atoms with E-state index >= 15 is 0 Å². The molecule has 0 unspecified atom stereocenters. The van der Waals surface area contributed by atoms with Gasteiger partial charge in [-0.3, -0.25) is 0 Å². The zero-order valence-electron chi connectivity index (χ0n) is 2.13. The normalized spacial score (nSPS) is 0. The molecule has 0 spiro atoms. The smallest absolute Gasteiger partial charge is 0 e. The van der Waals surface area contributed by atoms with Crippen LogP contribution in [-0.4, -0.2) is 11.0 Å². The van der Waals surface area contributed by atoms with Crippen molar-refractivity contribution in [1.29, 1.82) is 0 Å². The Balaban J connectivity index is 0. The van der Waals surface area contributed by atoms with Gasteiger partial charge in [0.1, 0.15) is 0 Å². The lowest BCUT2D eigenvalue weighted by Gasteiger charge is -0.148. The van der Waals surface area contributed by atoms with Gasteiger partial charge in [-0.1, -0.05) is 0 Å². The lowest BCUT2D eigenvalue weighted by atomic mass is 28.1. The van der Waals surface area contributed by atoms with Crippen LogP contribution in [0.2, 0.25) is 0 Å². The van der Waals surface area contributed by atoms with Gasteiger partial charge in [0.15, 0.2) is 0 Å². The van der Waals surface area contributed by atoms with Gasteiger partial charge in [-0.05, 0) is 0 Å². The van der Waals surface area contributed by atoms with E-state index in [-0.39, 0.29) is 60.6 Å². The first kappa shape index (κ1) is 97.2. The predicted molar refractivity (Wildman–Crippen MR) is 34.7 cm³/mol. The van der Waals surface area contributed by atoms with Crippen LogP contribution in [0.5, 0.6) is 0 Å². The Labute approximate surface area is 60.8 Å². The summed E-state index contributed by atoms with van der Waals surface area (Å²) in [7, 11) is 0. The second-order valence-electron chi connectivity index (χ2n) is 0. The number of hydrogen-bond acceptors (Lipinski definition) is 0. The van der Waals surface area contributed by atoms with Crippen LogP contribution in [0.3, 0.4) is 0 Å². The summed E-state index contributed by atoms with van der Waals surface area (Å²) in [5, 5.41) is 0. The molecule has 0 aromatic rings. The molecule has 0 amide bonds. The van der Waals surface area contributed by atoms with E-state index in [2.05, 4.69) is 0 Å². The van der Waals surface area contributed by atoms with Crippen LogP contribution in [0.15, 0.2) is 0 Å². The highest BCUT2D eigenvalue weighted by molar-refractivity contribution is 5.86. The first-order chi connectivity index (χ1) is 0. The Morgan fingerprint density at radius 2 is 0.400 bits per heavy atom. The summed E-state index contributed by atoms with van der Waals surface area (Å²) >= 11 is 0. The highest BCUT2D eigenvalue weighted by Crippen LogP contribution is 0.693. The van der Waals surface area contributed by atoms with Gasteiger partial charge in [0, 0.05) is 11.0 Å². The monoisotopic (exact) mass is 172 g/mol. The summed E-state index contributed by atoms with van der Waals surface area (Å²) in [6.07, 6.45) is 0. The van der Waals surface area contributed by atoms with Crippen LogP contribution in [0, 0.1) is 0 Å². The molecular formula is H4Cl4Si. The topological polar surface area (TPSA) is 0 Å². The van der Waals surface area contributed by atoms with Gasteiger partial charge < -0.3 is 0 Å². The molecule has 0 rings (SSSR count). The maximum atomic E-state index is 0. The van der Waals surface area contributed by atoms with E-state index in [4.69, 9.17) is 0 Å². The number of rotatable bonds is 0. The molecule has 0 saturated heterocycles. The Bertz CT molecular complexity index is 3.61. The van der Waals surface area contributed by atoms with Gasteiger partial charge in [-0.25, -0.2) is 0 Å². The molecule has 0 bridgehead atoms. The van der Waals surface area contributed by atoms with Crippen molar-refractivity contribution in [2.45, 2.75) is 0 Å². The minimum Gasteiger partial charge on any atom is -0.147 e. The maximum absolute atomic E-state index is 0. The molecule has 4 radical (unpaired) electrons. The third-order valence-corrected chi connectivity index (χ3v) is 0. The standard InChI is InChI=1S/4ClH.Si/h4*1H;. The lowest BCUT2D eigenvalue weighted by molar-refractivity contribution is 5.75. The molecule has 0 aromatic carbocycles. The first-order valence-electron chi connectivity index (χ1n) is 0. The Hall–Kier alpha value is 1.38. The fraction of sp³-hybridized carbons (Fsp3) is 0. The van der Waals surface area contributed by atoms with E-state index in [1.54, 1.807) is 0 Å². The Morgan fingerprint density at radius 3 is 0.400 bits per heavy atom. The van der Waals surface area contributed by atoms with E-state index < -0.39 is 0 Å². The fourth-order valence-electron chi connectivity index (χ4n) is 0. The summed E-state index contributed by atoms with van der Waals surface area (Å²) < 4.78 is 0. The maximum Gasteiger partial charge on any atom is 0 e. The zero-order valence-corrected chi connectivity index (χ0v) is 6.40. The highest BCUT2D eigenvalue weighted by atomic mass is 35.5. The molecule has 0 N–H and O–H groups in total. The number of hydrogen-bond donors (Lipinski definition) is 0. The van der Waals surface area contributed by atoms with E-state index in [1.165, 1.54) is 0 Å². The summed E-state index contributed by atoms with van der Waals surface area (Å²) in [6.45, 7) is 0. The molecule has 0 aliphatic rings. The second kappa shape index (κ2) is 54.3. The molecule has 0 aliphatic carbocycles. The van der Waals surface area contributed by atoms with Crippen molar-refractivity contribution in [1.82, 2.24) is 0 Å². The van der Waals surface area contributed by atoms with E-state index in [0.717, 1.165) is 0 Å². The second-order valence-corrected chi connectivity index (χ2v) is 0. The molecule has 0 atom stereocenters. The van der Waals surface area contributed by atoms with Crippen LogP contribution in [-0.2, 0) is 0 Å². The van der Waals surface area contributed by atoms with Crippen LogP contribution < -0.4 is 0 Å². The lowest BCUT2D eigenvalue weighted by Crippen LogP contribution is -0.381. The molecule has 0 fully saturated rings. The average molecular weight is 174 g/mol. The molecule has 36 valence electrons. The number of halogens is 4. The fourth-order valence-corrected chi connectivity index (χ4v) is 0. The minimum atomic E-state index is 0. The van der Waals surface area contributed by atoms with Crippen molar-refractivity contribution in [2.75, 3.05) is 0 Å². The van der Waals surface area contributed by atoms with Gasteiger partial charge in [-0.2, -0.15) is 0 Å². The molecule has 0 nitrogen and oxygen atoms in total. The molecule has 5 heteroatoms. The summed E-state index contributed by atoms with van der Waals surface area (Å²) in [4.78, 5) is 0. The van der Waals surface area contributed by atoms with Gasteiger partial charge in [-0.15, -0.1) is 49.6 Å². The Kier molecular flexibility index (Phi) is 1060. The van der Waals surface area contributed by atoms with Crippen molar-refractivity contribution in [2.24, 2.45) is 0 Å². The largest absolute Gasteiger partial charge is 0.147 e. The van der Waals surface area contributed by atoms with Crippen molar-refractivity contribution in [3.05, 3.63) is 0 Å². The van der Waals surface area contributed by atoms with E-state index in [1.807, 2.05) is 0 Å². The van der Waals surface area contributed by atoms with Crippen molar-refractivity contribution >= 4 is 60.6 Å². The average Bonchev–Trinajstić information content (AvgIpc) is 0. The molecular weight excluding hydrogens is 170 g/mol. The SMILES string of the molecule is Cl.Cl.Cl.Cl.[Si]. The third kappa shape index (κ3) is 32.3. The summed E-state index contributed by atoms with van der Waals surface area (Å²) in [5.41, 5.74) is 0. The molecule has 5 heavy (non-hydrogen) atoms. The van der Waals surface area contributed by atoms with Gasteiger partial charge >= 0.3 is 0 Å². The van der Waals surface area contributed by atoms with Crippen molar-refractivity contribution in [3.8, 4) is 0 Å².